The average Bonchev–Trinajstić information content (AvgIpc) is 2.92. The molecule has 2 aromatic heterocycles. The number of carbonyl (C=O) groups excluding carboxylic acids is 1. The van der Waals surface area contributed by atoms with Gasteiger partial charge in [0.25, 0.3) is 5.91 Å². The number of hydrogen-bond donors (Lipinski definition) is 1. The molecule has 1 N–H and O–H groups in total. The van der Waals surface area contributed by atoms with E-state index >= 15 is 0 Å². The smallest absolute Gasteiger partial charge is 0.256 e. The molecule has 0 spiro atoms. The molecular formula is C11H15ClN6O. The van der Waals surface area contributed by atoms with E-state index in [2.05, 4.69) is 20.6 Å². The molecule has 0 atom stereocenters. The van der Waals surface area contributed by atoms with E-state index < -0.39 is 0 Å². The van der Waals surface area contributed by atoms with E-state index in [-0.39, 0.29) is 5.91 Å². The fraction of sp³-hybridized carbons (Fsp3) is 0.455. The topological polar surface area (TPSA) is 77.6 Å². The molecule has 0 aliphatic rings. The van der Waals surface area contributed by atoms with Crippen LogP contribution in [-0.2, 0) is 20.1 Å². The van der Waals surface area contributed by atoms with Gasteiger partial charge in [0.2, 0.25) is 0 Å². The molecule has 0 aliphatic carbocycles. The second kappa shape index (κ2) is 5.40. The first-order valence-electron chi connectivity index (χ1n) is 5.88. The predicted octanol–water partition coefficient (Wildman–Crippen LogP) is 0.923. The van der Waals surface area contributed by atoms with Crippen LogP contribution in [-0.4, -0.2) is 30.5 Å². The van der Waals surface area contributed by atoms with E-state index in [1.165, 1.54) is 4.68 Å². The molecule has 1 amide bonds. The minimum absolute atomic E-state index is 0.263. The van der Waals surface area contributed by atoms with E-state index in [4.69, 9.17) is 11.6 Å². The average molecular weight is 283 g/mol. The zero-order chi connectivity index (χ0) is 14.0. The summed E-state index contributed by atoms with van der Waals surface area (Å²) in [6, 6.07) is 0. The largest absolute Gasteiger partial charge is 0.345 e. The van der Waals surface area contributed by atoms with Gasteiger partial charge >= 0.3 is 0 Å². The van der Waals surface area contributed by atoms with Gasteiger partial charge in [-0.25, -0.2) is 0 Å². The van der Waals surface area contributed by atoms with Crippen molar-refractivity contribution >= 4 is 17.5 Å². The monoisotopic (exact) mass is 282 g/mol. The lowest BCUT2D eigenvalue weighted by Crippen LogP contribution is -2.25. The second-order valence-corrected chi connectivity index (χ2v) is 4.45. The van der Waals surface area contributed by atoms with Crippen LogP contribution in [0.4, 0.5) is 0 Å². The second-order valence-electron chi connectivity index (χ2n) is 4.09. The summed E-state index contributed by atoms with van der Waals surface area (Å²) in [7, 11) is 1.69. The van der Waals surface area contributed by atoms with Crippen molar-refractivity contribution in [2.75, 3.05) is 0 Å². The van der Waals surface area contributed by atoms with Crippen LogP contribution in [0.15, 0.2) is 6.33 Å². The molecule has 102 valence electrons. The van der Waals surface area contributed by atoms with Gasteiger partial charge in [-0.05, 0) is 13.8 Å². The van der Waals surface area contributed by atoms with Crippen molar-refractivity contribution < 1.29 is 4.79 Å². The lowest BCUT2D eigenvalue weighted by Gasteiger charge is -2.05. The Morgan fingerprint density at radius 1 is 1.53 bits per heavy atom. The Morgan fingerprint density at radius 3 is 2.84 bits per heavy atom. The lowest BCUT2D eigenvalue weighted by atomic mass is 10.2. The van der Waals surface area contributed by atoms with Crippen LogP contribution in [0, 0.1) is 6.92 Å². The molecule has 0 unspecified atom stereocenters. The molecule has 0 aliphatic heterocycles. The van der Waals surface area contributed by atoms with Gasteiger partial charge in [-0.1, -0.05) is 11.6 Å². The van der Waals surface area contributed by atoms with Crippen molar-refractivity contribution in [3.05, 3.63) is 28.6 Å². The summed E-state index contributed by atoms with van der Waals surface area (Å²) in [5.74, 6) is 0.440. The summed E-state index contributed by atoms with van der Waals surface area (Å²) in [4.78, 5) is 12.1. The quantitative estimate of drug-likeness (QED) is 0.905. The normalized spacial score (nSPS) is 10.7. The van der Waals surface area contributed by atoms with Crippen molar-refractivity contribution in [3.8, 4) is 0 Å². The van der Waals surface area contributed by atoms with Crippen LogP contribution in [0.1, 0.15) is 28.8 Å². The number of hydrogen-bond acceptors (Lipinski definition) is 4. The number of nitrogens with zero attached hydrogens (tertiary/aromatic N) is 5. The first-order valence-corrected chi connectivity index (χ1v) is 6.26. The van der Waals surface area contributed by atoms with Crippen molar-refractivity contribution in [2.24, 2.45) is 7.05 Å². The van der Waals surface area contributed by atoms with Gasteiger partial charge in [-0.3, -0.25) is 9.48 Å². The summed E-state index contributed by atoms with van der Waals surface area (Å²) in [5.41, 5.74) is 0.994. The molecule has 0 saturated carbocycles. The fourth-order valence-corrected chi connectivity index (χ4v) is 2.08. The molecule has 0 bridgehead atoms. The Morgan fingerprint density at radius 2 is 2.26 bits per heavy atom. The zero-order valence-corrected chi connectivity index (χ0v) is 11.8. The third-order valence-electron chi connectivity index (χ3n) is 2.82. The SMILES string of the molecule is CCn1cnnc1CNC(=O)c1c(C)nn(C)c1Cl. The Labute approximate surface area is 115 Å². The van der Waals surface area contributed by atoms with Gasteiger partial charge < -0.3 is 9.88 Å². The number of amides is 1. The van der Waals surface area contributed by atoms with E-state index in [9.17, 15) is 4.79 Å². The van der Waals surface area contributed by atoms with E-state index in [0.29, 0.717) is 28.8 Å². The highest BCUT2D eigenvalue weighted by Crippen LogP contribution is 2.18. The Bertz CT molecular complexity index is 602. The van der Waals surface area contributed by atoms with E-state index in [1.807, 2.05) is 11.5 Å². The summed E-state index contributed by atoms with van der Waals surface area (Å²) in [5, 5.41) is 14.9. The van der Waals surface area contributed by atoms with Gasteiger partial charge in [0.15, 0.2) is 5.82 Å². The van der Waals surface area contributed by atoms with Crippen molar-refractivity contribution in [2.45, 2.75) is 26.9 Å². The maximum absolute atomic E-state index is 12.1. The fourth-order valence-electron chi connectivity index (χ4n) is 1.82. The minimum atomic E-state index is -0.263. The highest BCUT2D eigenvalue weighted by Gasteiger charge is 2.19. The highest BCUT2D eigenvalue weighted by molar-refractivity contribution is 6.33. The number of carbonyl (C=O) groups is 1. The molecule has 0 aromatic carbocycles. The van der Waals surface area contributed by atoms with Crippen LogP contribution < -0.4 is 5.32 Å². The third-order valence-corrected chi connectivity index (χ3v) is 3.26. The number of aryl methyl sites for hydroxylation is 3. The minimum Gasteiger partial charge on any atom is -0.345 e. The van der Waals surface area contributed by atoms with Gasteiger partial charge in [-0.15, -0.1) is 10.2 Å². The number of rotatable bonds is 4. The molecule has 2 rings (SSSR count). The summed E-state index contributed by atoms with van der Waals surface area (Å²) in [6.45, 7) is 4.79. The van der Waals surface area contributed by atoms with Gasteiger partial charge in [0, 0.05) is 13.6 Å². The number of aromatic nitrogens is 5. The number of nitrogens with one attached hydrogen (secondary N) is 1. The Hall–Kier alpha value is -1.89. The molecule has 19 heavy (non-hydrogen) atoms. The third kappa shape index (κ3) is 2.60. The molecule has 2 aromatic rings. The highest BCUT2D eigenvalue weighted by atomic mass is 35.5. The number of halogens is 1. The van der Waals surface area contributed by atoms with Crippen molar-refractivity contribution in [1.29, 1.82) is 0 Å². The molecule has 8 heteroatoms. The molecular weight excluding hydrogens is 268 g/mol. The van der Waals surface area contributed by atoms with Crippen LogP contribution in [0.5, 0.6) is 0 Å². The van der Waals surface area contributed by atoms with Crippen molar-refractivity contribution in [1.82, 2.24) is 29.9 Å². The first kappa shape index (κ1) is 13.5. The Balaban J connectivity index is 2.10. The maximum Gasteiger partial charge on any atom is 0.256 e. The van der Waals surface area contributed by atoms with Gasteiger partial charge in [0.05, 0.1) is 17.8 Å². The summed E-state index contributed by atoms with van der Waals surface area (Å²) >= 11 is 6.03. The van der Waals surface area contributed by atoms with E-state index in [0.717, 1.165) is 6.54 Å². The Kier molecular flexibility index (Phi) is 3.84. The zero-order valence-electron chi connectivity index (χ0n) is 11.0. The predicted molar refractivity (Wildman–Crippen MR) is 69.8 cm³/mol. The van der Waals surface area contributed by atoms with Gasteiger partial charge in [-0.2, -0.15) is 5.10 Å². The van der Waals surface area contributed by atoms with Crippen LogP contribution in [0.25, 0.3) is 0 Å². The van der Waals surface area contributed by atoms with E-state index in [1.54, 1.807) is 20.3 Å². The summed E-state index contributed by atoms with van der Waals surface area (Å²) < 4.78 is 3.33. The van der Waals surface area contributed by atoms with Crippen LogP contribution in [0.2, 0.25) is 5.15 Å². The van der Waals surface area contributed by atoms with Crippen LogP contribution in [0.3, 0.4) is 0 Å². The lowest BCUT2D eigenvalue weighted by molar-refractivity contribution is 0.0949. The molecule has 0 saturated heterocycles. The molecule has 0 fully saturated rings. The standard InChI is InChI=1S/C11H15ClN6O/c1-4-18-6-14-15-8(18)5-13-11(19)9-7(2)16-17(3)10(9)12/h6H,4-5H2,1-3H3,(H,13,19). The summed E-state index contributed by atoms with van der Waals surface area (Å²) in [6.07, 6.45) is 1.63. The molecule has 0 radical (unpaired) electrons. The van der Waals surface area contributed by atoms with Crippen LogP contribution >= 0.6 is 11.6 Å². The molecule has 2 heterocycles. The van der Waals surface area contributed by atoms with Gasteiger partial charge in [0.1, 0.15) is 11.5 Å². The maximum atomic E-state index is 12.1. The van der Waals surface area contributed by atoms with Crippen molar-refractivity contribution in [3.63, 3.8) is 0 Å². The molecule has 7 nitrogen and oxygen atoms in total. The first-order chi connectivity index (χ1) is 9.04.